The fraction of sp³-hybridized carbons (Fsp3) is 0.323. The third-order valence-corrected chi connectivity index (χ3v) is 9.38. The number of ether oxygens (including phenoxy) is 1. The van der Waals surface area contributed by atoms with Crippen LogP contribution >= 0.6 is 7.29 Å². The van der Waals surface area contributed by atoms with E-state index in [4.69, 9.17) is 4.74 Å². The van der Waals surface area contributed by atoms with E-state index in [0.717, 1.165) is 16.7 Å². The summed E-state index contributed by atoms with van der Waals surface area (Å²) in [4.78, 5) is 40.3. The van der Waals surface area contributed by atoms with Gasteiger partial charge in [0.2, 0.25) is 11.8 Å². The molecule has 3 aromatic rings. The van der Waals surface area contributed by atoms with Crippen molar-refractivity contribution in [3.8, 4) is 0 Å². The largest absolute Gasteiger partial charge is 0.459 e. The number of benzene rings is 3. The van der Waals surface area contributed by atoms with E-state index in [1.165, 1.54) is 4.90 Å². The summed E-state index contributed by atoms with van der Waals surface area (Å²) in [6.07, 6.45) is 1.78. The summed E-state index contributed by atoms with van der Waals surface area (Å²) in [5.74, 6) is -1.23. The molecule has 0 unspecified atom stereocenters. The van der Waals surface area contributed by atoms with Crippen LogP contribution in [0.1, 0.15) is 36.5 Å². The average Bonchev–Trinajstić information content (AvgIpc) is 3.47. The van der Waals surface area contributed by atoms with Crippen LogP contribution in [0.3, 0.4) is 0 Å². The summed E-state index contributed by atoms with van der Waals surface area (Å²) in [6, 6.07) is 26.9. The van der Waals surface area contributed by atoms with Crippen molar-refractivity contribution >= 4 is 25.1 Å². The van der Waals surface area contributed by atoms with Crippen LogP contribution in [0.25, 0.3) is 0 Å². The molecule has 0 radical (unpaired) electrons. The van der Waals surface area contributed by atoms with Crippen molar-refractivity contribution in [3.05, 3.63) is 108 Å². The Bertz CT molecular complexity index is 1280. The SMILES string of the molecule is C[C@H](NC(=O)[C@@H]1CCCN1C(=O)CNP(=O)(Cc1ccccc1)Cc1ccccc1)C(=O)OCc1ccccc1. The minimum absolute atomic E-state index is 0.117. The second kappa shape index (κ2) is 14.1. The molecule has 4 rings (SSSR count). The van der Waals surface area contributed by atoms with Gasteiger partial charge in [-0.05, 0) is 36.5 Å². The molecule has 8 nitrogen and oxygen atoms in total. The molecule has 0 bridgehead atoms. The first kappa shape index (κ1) is 29.2. The molecule has 1 heterocycles. The number of amides is 2. The highest BCUT2D eigenvalue weighted by Crippen LogP contribution is 2.48. The molecule has 40 heavy (non-hydrogen) atoms. The molecule has 2 N–H and O–H groups in total. The third kappa shape index (κ3) is 8.38. The van der Waals surface area contributed by atoms with E-state index in [1.54, 1.807) is 6.92 Å². The first-order valence-corrected chi connectivity index (χ1v) is 15.6. The third-order valence-electron chi connectivity index (χ3n) is 6.89. The van der Waals surface area contributed by atoms with Gasteiger partial charge in [-0.1, -0.05) is 91.0 Å². The smallest absolute Gasteiger partial charge is 0.328 e. The van der Waals surface area contributed by atoms with Crippen molar-refractivity contribution in [1.29, 1.82) is 0 Å². The van der Waals surface area contributed by atoms with Crippen molar-refractivity contribution in [2.24, 2.45) is 0 Å². The first-order valence-electron chi connectivity index (χ1n) is 13.5. The summed E-state index contributed by atoms with van der Waals surface area (Å²) in [5.41, 5.74) is 2.70. The van der Waals surface area contributed by atoms with Crippen molar-refractivity contribution in [1.82, 2.24) is 15.3 Å². The average molecular weight is 562 g/mol. The molecule has 1 aliphatic heterocycles. The maximum atomic E-state index is 14.1. The second-order valence-corrected chi connectivity index (χ2v) is 12.8. The predicted octanol–water partition coefficient (Wildman–Crippen LogP) is 4.49. The Morgan fingerprint density at radius 3 is 1.95 bits per heavy atom. The van der Waals surface area contributed by atoms with Crippen LogP contribution in [0.15, 0.2) is 91.0 Å². The number of hydrogen-bond donors (Lipinski definition) is 2. The van der Waals surface area contributed by atoms with E-state index in [0.29, 0.717) is 31.7 Å². The molecular formula is C31H36N3O5P. The van der Waals surface area contributed by atoms with Gasteiger partial charge >= 0.3 is 5.97 Å². The lowest BCUT2D eigenvalue weighted by Gasteiger charge is -2.27. The second-order valence-electron chi connectivity index (χ2n) is 10.1. The van der Waals surface area contributed by atoms with Gasteiger partial charge in [-0.2, -0.15) is 0 Å². The van der Waals surface area contributed by atoms with Crippen molar-refractivity contribution in [2.75, 3.05) is 13.1 Å². The Morgan fingerprint density at radius 1 is 0.875 bits per heavy atom. The van der Waals surface area contributed by atoms with Crippen molar-refractivity contribution in [3.63, 3.8) is 0 Å². The molecule has 1 fully saturated rings. The zero-order valence-electron chi connectivity index (χ0n) is 22.7. The van der Waals surface area contributed by atoms with Crippen LogP contribution in [0, 0.1) is 0 Å². The van der Waals surface area contributed by atoms with Crippen molar-refractivity contribution < 1.29 is 23.7 Å². The van der Waals surface area contributed by atoms with E-state index >= 15 is 0 Å². The van der Waals surface area contributed by atoms with Crippen LogP contribution in [0.5, 0.6) is 0 Å². The number of hydrogen-bond acceptors (Lipinski definition) is 5. The highest BCUT2D eigenvalue weighted by Gasteiger charge is 2.36. The van der Waals surface area contributed by atoms with Crippen LogP contribution in [-0.2, 0) is 42.6 Å². The Morgan fingerprint density at radius 2 is 1.40 bits per heavy atom. The highest BCUT2D eigenvalue weighted by atomic mass is 31.2. The normalized spacial score (nSPS) is 15.8. The van der Waals surface area contributed by atoms with E-state index < -0.39 is 31.3 Å². The molecular weight excluding hydrogens is 525 g/mol. The summed E-state index contributed by atoms with van der Waals surface area (Å²) in [7, 11) is -3.03. The zero-order valence-corrected chi connectivity index (χ0v) is 23.6. The van der Waals surface area contributed by atoms with Gasteiger partial charge in [-0.15, -0.1) is 0 Å². The summed E-state index contributed by atoms with van der Waals surface area (Å²) in [5, 5.41) is 5.78. The molecule has 1 saturated heterocycles. The van der Waals surface area contributed by atoms with Gasteiger partial charge in [0, 0.05) is 18.9 Å². The quantitative estimate of drug-likeness (QED) is 0.249. The summed E-state index contributed by atoms with van der Waals surface area (Å²) >= 11 is 0. The van der Waals surface area contributed by atoms with E-state index in [1.807, 2.05) is 91.0 Å². The monoisotopic (exact) mass is 561 g/mol. The minimum Gasteiger partial charge on any atom is -0.459 e. The molecule has 2 amide bonds. The minimum atomic E-state index is -3.03. The van der Waals surface area contributed by atoms with Gasteiger partial charge in [0.15, 0.2) is 7.29 Å². The molecule has 1 aliphatic rings. The number of likely N-dealkylation sites (tertiary alicyclic amines) is 1. The lowest BCUT2D eigenvalue weighted by atomic mass is 10.2. The maximum absolute atomic E-state index is 14.1. The molecule has 2 atom stereocenters. The van der Waals surface area contributed by atoms with E-state index in [-0.39, 0.29) is 19.1 Å². The Kier molecular flexibility index (Phi) is 10.3. The Labute approximate surface area is 235 Å². The molecule has 0 aromatic heterocycles. The number of carbonyl (C=O) groups excluding carboxylic acids is 3. The first-order chi connectivity index (χ1) is 19.3. The van der Waals surface area contributed by atoms with Crippen LogP contribution < -0.4 is 10.4 Å². The van der Waals surface area contributed by atoms with Crippen molar-refractivity contribution in [2.45, 2.75) is 50.8 Å². The number of esters is 1. The van der Waals surface area contributed by atoms with Crippen LogP contribution in [0.4, 0.5) is 0 Å². The summed E-state index contributed by atoms with van der Waals surface area (Å²) < 4.78 is 19.4. The van der Waals surface area contributed by atoms with Gasteiger partial charge in [-0.3, -0.25) is 14.7 Å². The number of carbonyl (C=O) groups is 3. The number of nitrogens with one attached hydrogen (secondary N) is 2. The lowest BCUT2D eigenvalue weighted by molar-refractivity contribution is -0.149. The lowest BCUT2D eigenvalue weighted by Crippen LogP contribution is -2.51. The molecule has 0 aliphatic carbocycles. The summed E-state index contributed by atoms with van der Waals surface area (Å²) in [6.45, 7) is 1.96. The van der Waals surface area contributed by atoms with Crippen LogP contribution in [-0.4, -0.2) is 47.9 Å². The van der Waals surface area contributed by atoms with Gasteiger partial charge in [-0.25, -0.2) is 4.79 Å². The van der Waals surface area contributed by atoms with E-state index in [9.17, 15) is 18.9 Å². The van der Waals surface area contributed by atoms with Gasteiger partial charge in [0.1, 0.15) is 18.7 Å². The van der Waals surface area contributed by atoms with E-state index in [2.05, 4.69) is 10.4 Å². The molecule has 3 aromatic carbocycles. The standard InChI is InChI=1S/C31H36N3O5P/c1-24(31(37)39-21-25-12-5-2-6-13-25)33-30(36)28-18-11-19-34(28)29(35)20-32-40(38,22-26-14-7-3-8-15-26)23-27-16-9-4-10-17-27/h2-10,12-17,24,28H,11,18-23H2,1H3,(H,32,38)(H,33,36)/t24-,28-/m0/s1. The Hall–Kier alpha value is -3.74. The highest BCUT2D eigenvalue weighted by molar-refractivity contribution is 7.60. The maximum Gasteiger partial charge on any atom is 0.328 e. The predicted molar refractivity (Wildman–Crippen MR) is 154 cm³/mol. The number of rotatable bonds is 12. The molecule has 0 spiro atoms. The van der Waals surface area contributed by atoms with Crippen LogP contribution in [0.2, 0.25) is 0 Å². The topological polar surface area (TPSA) is 105 Å². The number of nitrogens with zero attached hydrogens (tertiary/aromatic N) is 1. The fourth-order valence-electron chi connectivity index (χ4n) is 4.80. The van der Waals surface area contributed by atoms with Gasteiger partial charge < -0.3 is 19.5 Å². The molecule has 9 heteroatoms. The fourth-order valence-corrected chi connectivity index (χ4v) is 7.16. The Balaban J connectivity index is 1.34. The molecule has 210 valence electrons. The molecule has 0 saturated carbocycles. The van der Waals surface area contributed by atoms with Gasteiger partial charge in [0.05, 0.1) is 6.54 Å². The van der Waals surface area contributed by atoms with Gasteiger partial charge in [0.25, 0.3) is 0 Å². The zero-order chi connectivity index (χ0) is 28.4.